The molecule has 1 atom stereocenters. The second kappa shape index (κ2) is 6.39. The maximum Gasteiger partial charge on any atom is 0.326 e. The third-order valence-electron chi connectivity index (χ3n) is 3.37. The number of rotatable bonds is 6. The Morgan fingerprint density at radius 3 is 2.33 bits per heavy atom. The Bertz CT molecular complexity index is 549. The molecular formula is C15H18N2O4. The summed E-state index contributed by atoms with van der Waals surface area (Å²) >= 11 is 0. The standard InChI is InChI=1S/C15H18N2O4/c1-2-12(15(20)21)17-14(19)10-5-7-11(8-6-10)16-13(18)9-3-4-9/h5-9,12H,2-4H2,1H3,(H,16,18)(H,17,19)(H,20,21). The van der Waals surface area contributed by atoms with E-state index in [9.17, 15) is 14.4 Å². The van der Waals surface area contributed by atoms with Crippen LogP contribution in [0.2, 0.25) is 0 Å². The fraction of sp³-hybridized carbons (Fsp3) is 0.400. The van der Waals surface area contributed by atoms with Crippen molar-refractivity contribution in [3.63, 3.8) is 0 Å². The van der Waals surface area contributed by atoms with Crippen molar-refractivity contribution < 1.29 is 19.5 Å². The zero-order valence-corrected chi connectivity index (χ0v) is 11.8. The van der Waals surface area contributed by atoms with Crippen LogP contribution in [0.1, 0.15) is 36.5 Å². The van der Waals surface area contributed by atoms with Crippen molar-refractivity contribution in [3.05, 3.63) is 29.8 Å². The maximum absolute atomic E-state index is 11.9. The number of hydrogen-bond donors (Lipinski definition) is 3. The van der Waals surface area contributed by atoms with Crippen LogP contribution in [-0.4, -0.2) is 28.9 Å². The molecule has 0 saturated heterocycles. The first-order valence-electron chi connectivity index (χ1n) is 6.96. The van der Waals surface area contributed by atoms with Crippen LogP contribution in [0.3, 0.4) is 0 Å². The van der Waals surface area contributed by atoms with Gasteiger partial charge in [-0.15, -0.1) is 0 Å². The van der Waals surface area contributed by atoms with E-state index in [1.165, 1.54) is 0 Å². The summed E-state index contributed by atoms with van der Waals surface area (Å²) in [5, 5.41) is 14.1. The number of carboxylic acid groups (broad SMARTS) is 1. The molecule has 1 aromatic rings. The number of aliphatic carboxylic acids is 1. The summed E-state index contributed by atoms with van der Waals surface area (Å²) in [7, 11) is 0. The molecule has 6 nitrogen and oxygen atoms in total. The van der Waals surface area contributed by atoms with Crippen LogP contribution in [0.25, 0.3) is 0 Å². The van der Waals surface area contributed by atoms with Crippen molar-refractivity contribution in [1.29, 1.82) is 0 Å². The molecule has 1 saturated carbocycles. The lowest BCUT2D eigenvalue weighted by atomic mass is 10.1. The number of amides is 2. The first-order valence-corrected chi connectivity index (χ1v) is 6.96. The Kier molecular flexibility index (Phi) is 4.57. The summed E-state index contributed by atoms with van der Waals surface area (Å²) in [5.41, 5.74) is 0.993. The lowest BCUT2D eigenvalue weighted by Gasteiger charge is -2.12. The Morgan fingerprint density at radius 1 is 1.24 bits per heavy atom. The zero-order valence-electron chi connectivity index (χ0n) is 11.8. The highest BCUT2D eigenvalue weighted by Gasteiger charge is 2.29. The first-order chi connectivity index (χ1) is 10.0. The number of carbonyl (C=O) groups excluding carboxylic acids is 2. The van der Waals surface area contributed by atoms with Crippen molar-refractivity contribution in [1.82, 2.24) is 5.32 Å². The molecule has 0 radical (unpaired) electrons. The van der Waals surface area contributed by atoms with Crippen molar-refractivity contribution in [2.24, 2.45) is 5.92 Å². The fourth-order valence-electron chi connectivity index (χ4n) is 1.87. The first kappa shape index (κ1) is 15.0. The van der Waals surface area contributed by atoms with Gasteiger partial charge in [0, 0.05) is 17.2 Å². The third-order valence-corrected chi connectivity index (χ3v) is 3.37. The summed E-state index contributed by atoms with van der Waals surface area (Å²) in [6.45, 7) is 1.69. The molecule has 0 spiro atoms. The van der Waals surface area contributed by atoms with Crippen LogP contribution >= 0.6 is 0 Å². The van der Waals surface area contributed by atoms with E-state index in [-0.39, 0.29) is 11.8 Å². The Labute approximate surface area is 122 Å². The normalized spacial score (nSPS) is 15.1. The van der Waals surface area contributed by atoms with Gasteiger partial charge in [-0.2, -0.15) is 0 Å². The molecular weight excluding hydrogens is 272 g/mol. The Balaban J connectivity index is 1.95. The lowest BCUT2D eigenvalue weighted by Crippen LogP contribution is -2.40. The third kappa shape index (κ3) is 4.05. The van der Waals surface area contributed by atoms with E-state index >= 15 is 0 Å². The summed E-state index contributed by atoms with van der Waals surface area (Å²) in [4.78, 5) is 34.4. The average Bonchev–Trinajstić information content (AvgIpc) is 3.29. The molecule has 6 heteroatoms. The number of anilines is 1. The minimum atomic E-state index is -1.06. The van der Waals surface area contributed by atoms with Crippen LogP contribution in [0.4, 0.5) is 5.69 Å². The van der Waals surface area contributed by atoms with Gasteiger partial charge < -0.3 is 15.7 Å². The highest BCUT2D eigenvalue weighted by molar-refractivity contribution is 5.98. The number of benzene rings is 1. The molecule has 0 aliphatic heterocycles. The number of hydrogen-bond acceptors (Lipinski definition) is 3. The fourth-order valence-corrected chi connectivity index (χ4v) is 1.87. The molecule has 21 heavy (non-hydrogen) atoms. The highest BCUT2D eigenvalue weighted by atomic mass is 16.4. The molecule has 1 fully saturated rings. The zero-order chi connectivity index (χ0) is 15.4. The number of nitrogens with one attached hydrogen (secondary N) is 2. The topological polar surface area (TPSA) is 95.5 Å². The molecule has 3 N–H and O–H groups in total. The summed E-state index contributed by atoms with van der Waals surface area (Å²) in [6.07, 6.45) is 2.18. The predicted octanol–water partition coefficient (Wildman–Crippen LogP) is 1.63. The van der Waals surface area contributed by atoms with Crippen LogP contribution in [0.15, 0.2) is 24.3 Å². The molecule has 2 amide bonds. The van der Waals surface area contributed by atoms with Crippen LogP contribution in [-0.2, 0) is 9.59 Å². The minimum Gasteiger partial charge on any atom is -0.480 e. The maximum atomic E-state index is 11.9. The van der Waals surface area contributed by atoms with E-state index in [0.717, 1.165) is 12.8 Å². The lowest BCUT2D eigenvalue weighted by molar-refractivity contribution is -0.139. The van der Waals surface area contributed by atoms with Gasteiger partial charge in [0.25, 0.3) is 5.91 Å². The van der Waals surface area contributed by atoms with Gasteiger partial charge in [-0.1, -0.05) is 6.92 Å². The van der Waals surface area contributed by atoms with Gasteiger partial charge in [-0.05, 0) is 43.5 Å². The molecule has 1 aliphatic rings. The van der Waals surface area contributed by atoms with Gasteiger partial charge in [0.15, 0.2) is 0 Å². The van der Waals surface area contributed by atoms with Crippen LogP contribution in [0.5, 0.6) is 0 Å². The molecule has 2 rings (SSSR count). The summed E-state index contributed by atoms with van der Waals surface area (Å²) in [6, 6.07) is 5.50. The molecule has 112 valence electrons. The van der Waals surface area contributed by atoms with Gasteiger partial charge >= 0.3 is 5.97 Å². The quantitative estimate of drug-likeness (QED) is 0.742. The predicted molar refractivity (Wildman–Crippen MR) is 77.0 cm³/mol. The Morgan fingerprint density at radius 2 is 1.86 bits per heavy atom. The van der Waals surface area contributed by atoms with Crippen molar-refractivity contribution >= 4 is 23.5 Å². The van der Waals surface area contributed by atoms with E-state index in [2.05, 4.69) is 10.6 Å². The van der Waals surface area contributed by atoms with Gasteiger partial charge in [-0.25, -0.2) is 4.79 Å². The molecule has 0 aromatic heterocycles. The smallest absolute Gasteiger partial charge is 0.326 e. The van der Waals surface area contributed by atoms with Crippen LogP contribution in [0, 0.1) is 5.92 Å². The molecule has 0 bridgehead atoms. The summed E-state index contributed by atoms with van der Waals surface area (Å²) < 4.78 is 0. The van der Waals surface area contributed by atoms with E-state index in [4.69, 9.17) is 5.11 Å². The average molecular weight is 290 g/mol. The van der Waals surface area contributed by atoms with Crippen molar-refractivity contribution in [3.8, 4) is 0 Å². The molecule has 1 aliphatic carbocycles. The van der Waals surface area contributed by atoms with Crippen molar-refractivity contribution in [2.75, 3.05) is 5.32 Å². The van der Waals surface area contributed by atoms with Crippen LogP contribution < -0.4 is 10.6 Å². The molecule has 1 unspecified atom stereocenters. The second-order valence-electron chi connectivity index (χ2n) is 5.11. The second-order valence-corrected chi connectivity index (χ2v) is 5.11. The largest absolute Gasteiger partial charge is 0.480 e. The highest BCUT2D eigenvalue weighted by Crippen LogP contribution is 2.30. The van der Waals surface area contributed by atoms with Gasteiger partial charge in [0.05, 0.1) is 0 Å². The van der Waals surface area contributed by atoms with E-state index < -0.39 is 17.9 Å². The van der Waals surface area contributed by atoms with Crippen molar-refractivity contribution in [2.45, 2.75) is 32.2 Å². The van der Waals surface area contributed by atoms with E-state index in [1.807, 2.05) is 0 Å². The monoisotopic (exact) mass is 290 g/mol. The van der Waals surface area contributed by atoms with Gasteiger partial charge in [0.2, 0.25) is 5.91 Å². The van der Waals surface area contributed by atoms with Gasteiger partial charge in [0.1, 0.15) is 6.04 Å². The van der Waals surface area contributed by atoms with Gasteiger partial charge in [-0.3, -0.25) is 9.59 Å². The number of carbonyl (C=O) groups is 3. The minimum absolute atomic E-state index is 0.00382. The van der Waals surface area contributed by atoms with E-state index in [1.54, 1.807) is 31.2 Å². The summed E-state index contributed by atoms with van der Waals surface area (Å²) in [5.74, 6) is -1.37. The Hall–Kier alpha value is -2.37. The molecule has 0 heterocycles. The van der Waals surface area contributed by atoms with E-state index in [0.29, 0.717) is 17.7 Å². The SMILES string of the molecule is CCC(NC(=O)c1ccc(NC(=O)C2CC2)cc1)C(=O)O. The molecule has 1 aromatic carbocycles. The number of carboxylic acids is 1.